The van der Waals surface area contributed by atoms with Gasteiger partial charge in [-0.3, -0.25) is 4.79 Å². The van der Waals surface area contributed by atoms with Crippen molar-refractivity contribution >= 4 is 16.9 Å². The predicted molar refractivity (Wildman–Crippen MR) is 123 cm³/mol. The summed E-state index contributed by atoms with van der Waals surface area (Å²) in [6.07, 6.45) is 1.97. The molecule has 1 amide bonds. The van der Waals surface area contributed by atoms with Crippen molar-refractivity contribution in [1.29, 1.82) is 0 Å². The molecule has 0 saturated carbocycles. The molecule has 164 valence electrons. The first-order chi connectivity index (χ1) is 15.6. The molecule has 3 heterocycles. The van der Waals surface area contributed by atoms with Gasteiger partial charge in [0.05, 0.1) is 11.0 Å². The zero-order valence-corrected chi connectivity index (χ0v) is 18.5. The standard InChI is InChI=1S/C26H27N3O3/c1-18-7-5-9-20(15-18)31-17-21-12-13-24(32-21)26(30)29-14-6-8-19(16-29)25-27-22-10-3-4-11-23(22)28(25)2/h3-5,7,9-13,15,19H,6,8,14,16-17H2,1-2H3. The van der Waals surface area contributed by atoms with Crippen molar-refractivity contribution in [3.63, 3.8) is 0 Å². The summed E-state index contributed by atoms with van der Waals surface area (Å²) in [5, 5.41) is 0. The topological polar surface area (TPSA) is 60.5 Å². The Hall–Kier alpha value is -3.54. The van der Waals surface area contributed by atoms with E-state index in [0.29, 0.717) is 24.7 Å². The monoisotopic (exact) mass is 429 g/mol. The Morgan fingerprint density at radius 1 is 1.16 bits per heavy atom. The van der Waals surface area contributed by atoms with Crippen LogP contribution in [0.15, 0.2) is 65.1 Å². The molecule has 0 aliphatic carbocycles. The largest absolute Gasteiger partial charge is 0.486 e. The lowest BCUT2D eigenvalue weighted by atomic mass is 9.97. The van der Waals surface area contributed by atoms with Gasteiger partial charge in [0, 0.05) is 26.1 Å². The van der Waals surface area contributed by atoms with Crippen molar-refractivity contribution in [2.24, 2.45) is 7.05 Å². The van der Waals surface area contributed by atoms with E-state index in [9.17, 15) is 4.79 Å². The SMILES string of the molecule is Cc1cccc(OCc2ccc(C(=O)N3CCCC(c4nc5ccccc5n4C)C3)o2)c1. The number of rotatable bonds is 5. The molecule has 1 unspecified atom stereocenters. The normalized spacial score (nSPS) is 16.4. The first kappa shape index (κ1) is 20.4. The summed E-state index contributed by atoms with van der Waals surface area (Å²) in [6.45, 7) is 3.69. The Labute approximate surface area is 187 Å². The van der Waals surface area contributed by atoms with E-state index in [1.165, 1.54) is 0 Å². The third-order valence-corrected chi connectivity index (χ3v) is 6.14. The van der Waals surface area contributed by atoms with Crippen LogP contribution in [0.25, 0.3) is 11.0 Å². The average Bonchev–Trinajstić information content (AvgIpc) is 3.42. The van der Waals surface area contributed by atoms with Crippen LogP contribution in [0.5, 0.6) is 5.75 Å². The molecular formula is C26H27N3O3. The van der Waals surface area contributed by atoms with Crippen LogP contribution in [-0.2, 0) is 13.7 Å². The summed E-state index contributed by atoms with van der Waals surface area (Å²) >= 11 is 0. The molecule has 1 aliphatic rings. The third kappa shape index (κ3) is 4.00. The zero-order chi connectivity index (χ0) is 22.1. The number of aryl methyl sites for hydroxylation is 2. The van der Waals surface area contributed by atoms with Gasteiger partial charge in [-0.25, -0.2) is 4.98 Å². The Bertz CT molecular complexity index is 1260. The van der Waals surface area contributed by atoms with Crippen LogP contribution < -0.4 is 4.74 Å². The number of carbonyl (C=O) groups is 1. The number of ether oxygens (including phenoxy) is 1. The number of para-hydroxylation sites is 2. The molecule has 0 radical (unpaired) electrons. The zero-order valence-electron chi connectivity index (χ0n) is 18.5. The minimum atomic E-state index is -0.0738. The van der Waals surface area contributed by atoms with Crippen molar-refractivity contribution in [3.05, 3.63) is 83.6 Å². The van der Waals surface area contributed by atoms with Crippen LogP contribution in [0.2, 0.25) is 0 Å². The first-order valence-electron chi connectivity index (χ1n) is 11.1. The van der Waals surface area contributed by atoms with Crippen LogP contribution in [0.3, 0.4) is 0 Å². The van der Waals surface area contributed by atoms with Gasteiger partial charge < -0.3 is 18.6 Å². The number of benzene rings is 2. The molecule has 1 fully saturated rings. The Morgan fingerprint density at radius 2 is 2.03 bits per heavy atom. The number of hydrogen-bond acceptors (Lipinski definition) is 4. The maximum Gasteiger partial charge on any atom is 0.289 e. The Balaban J connectivity index is 1.26. The number of likely N-dealkylation sites (tertiary alicyclic amines) is 1. The van der Waals surface area contributed by atoms with Gasteiger partial charge in [-0.15, -0.1) is 0 Å². The molecule has 2 aromatic carbocycles. The van der Waals surface area contributed by atoms with Gasteiger partial charge in [0.15, 0.2) is 5.76 Å². The van der Waals surface area contributed by atoms with Crippen molar-refractivity contribution in [1.82, 2.24) is 14.5 Å². The quantitative estimate of drug-likeness (QED) is 0.444. The van der Waals surface area contributed by atoms with Crippen LogP contribution in [0.1, 0.15) is 46.5 Å². The van der Waals surface area contributed by atoms with E-state index in [-0.39, 0.29) is 11.8 Å². The molecule has 0 N–H and O–H groups in total. The second-order valence-electron chi connectivity index (χ2n) is 8.48. The van der Waals surface area contributed by atoms with Gasteiger partial charge in [0.1, 0.15) is 23.9 Å². The average molecular weight is 430 g/mol. The summed E-state index contributed by atoms with van der Waals surface area (Å²) in [5.74, 6) is 2.96. The number of aromatic nitrogens is 2. The fourth-order valence-electron chi connectivity index (χ4n) is 4.49. The van der Waals surface area contributed by atoms with Crippen LogP contribution >= 0.6 is 0 Å². The molecule has 6 heteroatoms. The third-order valence-electron chi connectivity index (χ3n) is 6.14. The summed E-state index contributed by atoms with van der Waals surface area (Å²) in [7, 11) is 2.05. The molecule has 0 spiro atoms. The molecule has 1 atom stereocenters. The van der Waals surface area contributed by atoms with Crippen LogP contribution in [0.4, 0.5) is 0 Å². The fraction of sp³-hybridized carbons (Fsp3) is 0.308. The Kier molecular flexibility index (Phi) is 5.43. The highest BCUT2D eigenvalue weighted by molar-refractivity contribution is 5.91. The van der Waals surface area contributed by atoms with Gasteiger partial charge >= 0.3 is 0 Å². The Morgan fingerprint density at radius 3 is 2.88 bits per heavy atom. The number of imidazole rings is 1. The molecule has 1 saturated heterocycles. The van der Waals surface area contributed by atoms with E-state index >= 15 is 0 Å². The van der Waals surface area contributed by atoms with E-state index in [1.54, 1.807) is 6.07 Å². The lowest BCUT2D eigenvalue weighted by molar-refractivity contribution is 0.0667. The van der Waals surface area contributed by atoms with E-state index in [2.05, 4.69) is 17.7 Å². The van der Waals surface area contributed by atoms with Crippen molar-refractivity contribution in [3.8, 4) is 5.75 Å². The van der Waals surface area contributed by atoms with E-state index in [1.807, 2.05) is 60.4 Å². The minimum Gasteiger partial charge on any atom is -0.486 e. The molecule has 1 aliphatic heterocycles. The summed E-state index contributed by atoms with van der Waals surface area (Å²) in [4.78, 5) is 19.9. The van der Waals surface area contributed by atoms with E-state index in [4.69, 9.17) is 14.1 Å². The number of piperidine rings is 1. The second kappa shape index (κ2) is 8.54. The maximum absolute atomic E-state index is 13.1. The summed E-state index contributed by atoms with van der Waals surface area (Å²) in [6, 6.07) is 19.6. The number of amides is 1. The molecular weight excluding hydrogens is 402 g/mol. The lowest BCUT2D eigenvalue weighted by Gasteiger charge is -2.31. The molecule has 2 aromatic heterocycles. The molecule has 4 aromatic rings. The fourth-order valence-corrected chi connectivity index (χ4v) is 4.49. The van der Waals surface area contributed by atoms with Crippen molar-refractivity contribution < 1.29 is 13.9 Å². The highest BCUT2D eigenvalue weighted by atomic mass is 16.5. The molecule has 0 bridgehead atoms. The van der Waals surface area contributed by atoms with Gasteiger partial charge in [-0.1, -0.05) is 24.3 Å². The molecule has 5 rings (SSSR count). The number of furan rings is 1. The summed E-state index contributed by atoms with van der Waals surface area (Å²) < 4.78 is 13.8. The van der Waals surface area contributed by atoms with Crippen LogP contribution in [-0.4, -0.2) is 33.4 Å². The highest BCUT2D eigenvalue weighted by Crippen LogP contribution is 2.29. The molecule has 32 heavy (non-hydrogen) atoms. The summed E-state index contributed by atoms with van der Waals surface area (Å²) in [5.41, 5.74) is 3.26. The van der Waals surface area contributed by atoms with Crippen LogP contribution in [0, 0.1) is 6.92 Å². The van der Waals surface area contributed by atoms with E-state index < -0.39 is 0 Å². The maximum atomic E-state index is 13.1. The number of fused-ring (bicyclic) bond motifs is 1. The van der Waals surface area contributed by atoms with Gasteiger partial charge in [-0.2, -0.15) is 0 Å². The number of hydrogen-bond donors (Lipinski definition) is 0. The first-order valence-corrected chi connectivity index (χ1v) is 11.1. The van der Waals surface area contributed by atoms with Gasteiger partial charge in [0.2, 0.25) is 0 Å². The lowest BCUT2D eigenvalue weighted by Crippen LogP contribution is -2.39. The predicted octanol–water partition coefficient (Wildman–Crippen LogP) is 5.07. The number of carbonyl (C=O) groups excluding carboxylic acids is 1. The smallest absolute Gasteiger partial charge is 0.289 e. The van der Waals surface area contributed by atoms with Gasteiger partial charge in [0.25, 0.3) is 5.91 Å². The minimum absolute atomic E-state index is 0.0738. The number of nitrogens with zero attached hydrogens (tertiary/aromatic N) is 3. The van der Waals surface area contributed by atoms with Gasteiger partial charge in [-0.05, 0) is 61.7 Å². The second-order valence-corrected chi connectivity index (χ2v) is 8.48. The van der Waals surface area contributed by atoms with E-state index in [0.717, 1.165) is 47.6 Å². The van der Waals surface area contributed by atoms with Crippen molar-refractivity contribution in [2.75, 3.05) is 13.1 Å². The molecule has 6 nitrogen and oxygen atoms in total. The van der Waals surface area contributed by atoms with Crippen molar-refractivity contribution in [2.45, 2.75) is 32.3 Å². The highest BCUT2D eigenvalue weighted by Gasteiger charge is 2.29.